The van der Waals surface area contributed by atoms with Gasteiger partial charge in [0.2, 0.25) is 11.7 Å². The third-order valence-electron chi connectivity index (χ3n) is 3.38. The Balaban J connectivity index is 1.82. The Morgan fingerprint density at radius 2 is 2.04 bits per heavy atom. The fraction of sp³-hybridized carbons (Fsp3) is 0.0625. The van der Waals surface area contributed by atoms with E-state index in [1.807, 2.05) is 30.5 Å². The van der Waals surface area contributed by atoms with E-state index in [1.54, 1.807) is 30.0 Å². The monoisotopic (exact) mass is 319 g/mol. The molecule has 4 aromatic heterocycles. The number of hydrogen-bond acceptors (Lipinski definition) is 7. The maximum Gasteiger partial charge on any atom is 0.213 e. The van der Waals surface area contributed by atoms with Gasteiger partial charge in [0.1, 0.15) is 23.4 Å². The minimum Gasteiger partial charge on any atom is -0.481 e. The van der Waals surface area contributed by atoms with Crippen molar-refractivity contribution < 1.29 is 4.74 Å². The number of ether oxygens (including phenoxy) is 1. The zero-order valence-electron chi connectivity index (χ0n) is 12.8. The Morgan fingerprint density at radius 3 is 2.88 bits per heavy atom. The molecule has 0 saturated carbocycles. The number of nitrogens with one attached hydrogen (secondary N) is 1. The Morgan fingerprint density at radius 1 is 1.08 bits per heavy atom. The van der Waals surface area contributed by atoms with Crippen molar-refractivity contribution in [3.8, 4) is 17.4 Å². The molecule has 8 nitrogen and oxygen atoms in total. The second-order valence-corrected chi connectivity index (χ2v) is 4.91. The average molecular weight is 319 g/mol. The number of hydrogen-bond donors (Lipinski definition) is 1. The SMILES string of the molecule is COc1cccc(-c2nc(Nc3ccncn3)c3cccn3n2)n1. The van der Waals surface area contributed by atoms with Gasteiger partial charge in [0, 0.05) is 18.5 Å². The van der Waals surface area contributed by atoms with Crippen LogP contribution >= 0.6 is 0 Å². The molecule has 0 unspecified atom stereocenters. The highest BCUT2D eigenvalue weighted by Crippen LogP contribution is 2.22. The number of rotatable bonds is 4. The maximum absolute atomic E-state index is 5.17. The summed E-state index contributed by atoms with van der Waals surface area (Å²) in [6.07, 6.45) is 4.99. The molecular formula is C16H13N7O. The smallest absolute Gasteiger partial charge is 0.213 e. The fourth-order valence-electron chi connectivity index (χ4n) is 2.27. The Bertz CT molecular complexity index is 984. The molecule has 0 saturated heterocycles. The van der Waals surface area contributed by atoms with Crippen LogP contribution in [0.5, 0.6) is 5.88 Å². The third kappa shape index (κ3) is 2.60. The lowest BCUT2D eigenvalue weighted by molar-refractivity contribution is 0.398. The van der Waals surface area contributed by atoms with Crippen molar-refractivity contribution in [2.24, 2.45) is 0 Å². The molecule has 0 aromatic carbocycles. The van der Waals surface area contributed by atoms with Crippen LogP contribution in [0.3, 0.4) is 0 Å². The van der Waals surface area contributed by atoms with Gasteiger partial charge in [-0.1, -0.05) is 6.07 Å². The normalized spacial score (nSPS) is 10.7. The maximum atomic E-state index is 5.17. The minimum atomic E-state index is 0.481. The highest BCUT2D eigenvalue weighted by atomic mass is 16.5. The van der Waals surface area contributed by atoms with Crippen molar-refractivity contribution >= 4 is 17.2 Å². The number of methoxy groups -OCH3 is 1. The summed E-state index contributed by atoms with van der Waals surface area (Å²) in [5.74, 6) is 2.27. The van der Waals surface area contributed by atoms with Crippen LogP contribution in [-0.2, 0) is 0 Å². The summed E-state index contributed by atoms with van der Waals surface area (Å²) in [7, 11) is 1.57. The lowest BCUT2D eigenvalue weighted by Crippen LogP contribution is -2.05. The van der Waals surface area contributed by atoms with Crippen LogP contribution in [0.15, 0.2) is 55.1 Å². The van der Waals surface area contributed by atoms with Crippen LogP contribution in [0.4, 0.5) is 11.6 Å². The first kappa shape index (κ1) is 14.1. The van der Waals surface area contributed by atoms with Crippen molar-refractivity contribution in [3.63, 3.8) is 0 Å². The van der Waals surface area contributed by atoms with Gasteiger partial charge in [-0.25, -0.2) is 24.5 Å². The highest BCUT2D eigenvalue weighted by molar-refractivity contribution is 5.73. The molecule has 24 heavy (non-hydrogen) atoms. The number of nitrogens with zero attached hydrogens (tertiary/aromatic N) is 6. The molecule has 4 aromatic rings. The van der Waals surface area contributed by atoms with Crippen molar-refractivity contribution in [1.82, 2.24) is 29.5 Å². The van der Waals surface area contributed by atoms with Crippen LogP contribution in [0, 0.1) is 0 Å². The van der Waals surface area contributed by atoms with Crippen molar-refractivity contribution in [2.75, 3.05) is 12.4 Å². The van der Waals surface area contributed by atoms with E-state index < -0.39 is 0 Å². The van der Waals surface area contributed by atoms with Gasteiger partial charge in [0.25, 0.3) is 0 Å². The van der Waals surface area contributed by atoms with Gasteiger partial charge in [0.05, 0.1) is 7.11 Å². The van der Waals surface area contributed by atoms with Crippen LogP contribution in [0.1, 0.15) is 0 Å². The Hall–Kier alpha value is -3.55. The number of anilines is 2. The summed E-state index contributed by atoms with van der Waals surface area (Å²) in [6.45, 7) is 0. The molecule has 0 aliphatic heterocycles. The van der Waals surface area contributed by atoms with Crippen LogP contribution < -0.4 is 10.1 Å². The van der Waals surface area contributed by atoms with Gasteiger partial charge >= 0.3 is 0 Å². The van der Waals surface area contributed by atoms with E-state index in [0.717, 1.165) is 5.52 Å². The molecule has 4 rings (SSSR count). The van der Waals surface area contributed by atoms with Crippen LogP contribution in [0.2, 0.25) is 0 Å². The van der Waals surface area contributed by atoms with Gasteiger partial charge in [-0.2, -0.15) is 0 Å². The molecular weight excluding hydrogens is 306 g/mol. The summed E-state index contributed by atoms with van der Waals surface area (Å²) in [5, 5.41) is 7.69. The molecule has 0 amide bonds. The summed E-state index contributed by atoms with van der Waals surface area (Å²) in [4.78, 5) is 17.1. The van der Waals surface area contributed by atoms with Gasteiger partial charge in [-0.15, -0.1) is 5.10 Å². The lowest BCUT2D eigenvalue weighted by Gasteiger charge is -2.09. The van der Waals surface area contributed by atoms with E-state index in [0.29, 0.717) is 29.0 Å². The predicted octanol–water partition coefficient (Wildman–Crippen LogP) is 2.33. The van der Waals surface area contributed by atoms with Crippen molar-refractivity contribution in [1.29, 1.82) is 0 Å². The predicted molar refractivity (Wildman–Crippen MR) is 88.1 cm³/mol. The van der Waals surface area contributed by atoms with Crippen molar-refractivity contribution in [2.45, 2.75) is 0 Å². The fourth-order valence-corrected chi connectivity index (χ4v) is 2.27. The first-order valence-corrected chi connectivity index (χ1v) is 7.23. The quantitative estimate of drug-likeness (QED) is 0.617. The summed E-state index contributed by atoms with van der Waals surface area (Å²) in [5.41, 5.74) is 1.45. The number of aromatic nitrogens is 6. The molecule has 0 atom stereocenters. The lowest BCUT2D eigenvalue weighted by atomic mass is 10.3. The minimum absolute atomic E-state index is 0.481. The molecule has 8 heteroatoms. The van der Waals surface area contributed by atoms with Gasteiger partial charge in [-0.3, -0.25) is 0 Å². The van der Waals surface area contributed by atoms with E-state index in [1.165, 1.54) is 6.33 Å². The second kappa shape index (κ2) is 5.92. The highest BCUT2D eigenvalue weighted by Gasteiger charge is 2.11. The zero-order chi connectivity index (χ0) is 16.4. The zero-order valence-corrected chi connectivity index (χ0v) is 12.8. The van der Waals surface area contributed by atoms with E-state index in [4.69, 9.17) is 4.74 Å². The summed E-state index contributed by atoms with van der Waals surface area (Å²) < 4.78 is 6.91. The Kier molecular flexibility index (Phi) is 3.47. The van der Waals surface area contributed by atoms with Gasteiger partial charge < -0.3 is 10.1 Å². The first-order valence-electron chi connectivity index (χ1n) is 7.23. The van der Waals surface area contributed by atoms with Crippen LogP contribution in [-0.4, -0.2) is 36.7 Å². The van der Waals surface area contributed by atoms with E-state index >= 15 is 0 Å². The molecule has 0 aliphatic rings. The molecule has 118 valence electrons. The average Bonchev–Trinajstić information content (AvgIpc) is 3.11. The summed E-state index contributed by atoms with van der Waals surface area (Å²) in [6, 6.07) is 11.1. The number of fused-ring (bicyclic) bond motifs is 1. The number of pyridine rings is 1. The molecule has 4 heterocycles. The standard InChI is InChI=1S/C16H13N7O/c1-24-14-6-2-4-11(19-14)15-21-16(12-5-3-9-23(12)22-15)20-13-7-8-17-10-18-13/h2-10H,1H3,(H,17,18,20,21,22). The molecule has 1 N–H and O–H groups in total. The van der Waals surface area contributed by atoms with E-state index in [9.17, 15) is 0 Å². The largest absolute Gasteiger partial charge is 0.481 e. The van der Waals surface area contributed by atoms with Crippen LogP contribution in [0.25, 0.3) is 17.0 Å². The molecule has 0 radical (unpaired) electrons. The first-order chi connectivity index (χ1) is 11.8. The Labute approximate surface area is 137 Å². The van der Waals surface area contributed by atoms with Gasteiger partial charge in [0.15, 0.2) is 5.82 Å². The van der Waals surface area contributed by atoms with E-state index in [2.05, 4.69) is 30.4 Å². The van der Waals surface area contributed by atoms with E-state index in [-0.39, 0.29) is 0 Å². The summed E-state index contributed by atoms with van der Waals surface area (Å²) >= 11 is 0. The molecule has 0 spiro atoms. The topological polar surface area (TPSA) is 90.1 Å². The third-order valence-corrected chi connectivity index (χ3v) is 3.38. The van der Waals surface area contributed by atoms with Gasteiger partial charge in [-0.05, 0) is 24.3 Å². The molecule has 0 aliphatic carbocycles. The van der Waals surface area contributed by atoms with Crippen molar-refractivity contribution in [3.05, 3.63) is 55.1 Å². The second-order valence-electron chi connectivity index (χ2n) is 4.91. The molecule has 0 fully saturated rings. The molecule has 0 bridgehead atoms.